The Morgan fingerprint density at radius 2 is 1.62 bits per heavy atom. The third kappa shape index (κ3) is 4.23. The van der Waals surface area contributed by atoms with Crippen molar-refractivity contribution in [1.29, 1.82) is 0 Å². The molecule has 0 spiro atoms. The molecule has 1 aromatic heterocycles. The van der Waals surface area contributed by atoms with Crippen LogP contribution in [0.25, 0.3) is 11.0 Å². The molecular weight excluding hydrogens is 372 g/mol. The highest BCUT2D eigenvalue weighted by Gasteiger charge is 2.21. The van der Waals surface area contributed by atoms with Crippen LogP contribution in [0.3, 0.4) is 0 Å². The zero-order valence-corrected chi connectivity index (χ0v) is 16.8. The molecule has 3 aromatic rings. The van der Waals surface area contributed by atoms with E-state index in [4.69, 9.17) is 9.47 Å². The van der Waals surface area contributed by atoms with Crippen LogP contribution in [0.5, 0.6) is 5.75 Å². The van der Waals surface area contributed by atoms with Crippen LogP contribution in [-0.4, -0.2) is 34.1 Å². The van der Waals surface area contributed by atoms with E-state index in [2.05, 4.69) is 0 Å². The number of carbonyl (C=O) groups is 2. The van der Waals surface area contributed by atoms with Crippen LogP contribution in [0.1, 0.15) is 30.6 Å². The number of ether oxygens (including phenoxy) is 2. The van der Waals surface area contributed by atoms with Gasteiger partial charge in [0.15, 0.2) is 6.10 Å². The maximum atomic E-state index is 12.8. The first kappa shape index (κ1) is 20.4. The zero-order valence-electron chi connectivity index (χ0n) is 16.8. The van der Waals surface area contributed by atoms with E-state index in [1.807, 2.05) is 25.1 Å². The number of nitrogens with zero attached hydrogens (tertiary/aromatic N) is 2. The molecule has 0 aliphatic carbocycles. The summed E-state index contributed by atoms with van der Waals surface area (Å²) in [5.41, 5.74) is 1.59. The molecule has 29 heavy (non-hydrogen) atoms. The number of para-hydroxylation sites is 2. The number of fused-ring (bicyclic) bond motifs is 1. The van der Waals surface area contributed by atoms with Gasteiger partial charge in [0.1, 0.15) is 12.3 Å². The maximum Gasteiger partial charge on any atom is 0.329 e. The second-order valence-electron chi connectivity index (χ2n) is 6.73. The average molecular weight is 396 g/mol. The van der Waals surface area contributed by atoms with E-state index < -0.39 is 12.1 Å². The molecule has 152 valence electrons. The number of imidazole rings is 1. The van der Waals surface area contributed by atoms with Crippen LogP contribution in [0.2, 0.25) is 0 Å². The minimum absolute atomic E-state index is 0.254. The highest BCUT2D eigenvalue weighted by atomic mass is 16.5. The van der Waals surface area contributed by atoms with Gasteiger partial charge >= 0.3 is 11.7 Å². The summed E-state index contributed by atoms with van der Waals surface area (Å²) in [5.74, 6) is -0.323. The number of esters is 1. The second-order valence-corrected chi connectivity index (χ2v) is 6.73. The van der Waals surface area contributed by atoms with E-state index >= 15 is 0 Å². The van der Waals surface area contributed by atoms with Gasteiger partial charge < -0.3 is 9.47 Å². The smallest absolute Gasteiger partial charge is 0.329 e. The third-order valence-electron chi connectivity index (χ3n) is 4.71. The lowest BCUT2D eigenvalue weighted by Crippen LogP contribution is -2.31. The summed E-state index contributed by atoms with van der Waals surface area (Å²) in [7, 11) is 1.54. The summed E-state index contributed by atoms with van der Waals surface area (Å²) < 4.78 is 13.4. The van der Waals surface area contributed by atoms with E-state index in [-0.39, 0.29) is 18.0 Å². The van der Waals surface area contributed by atoms with Crippen LogP contribution in [0.4, 0.5) is 0 Å². The molecule has 1 atom stereocenters. The topological polar surface area (TPSA) is 79.5 Å². The Balaban J connectivity index is 1.76. The molecule has 0 aliphatic rings. The standard InChI is InChI=1S/C22H24N2O5/c1-4-13-23-18-7-5-6-8-19(18)24(22(23)27)14-20(25)29-15(2)21(26)16-9-11-17(28-3)12-10-16/h5-12,15H,4,13-14H2,1-3H3. The SMILES string of the molecule is CCCn1c(=O)n(CC(=O)OC(C)C(=O)c2ccc(OC)cc2)c2ccccc21. The first-order valence-electron chi connectivity index (χ1n) is 9.52. The fraction of sp³-hybridized carbons (Fsp3) is 0.318. The lowest BCUT2D eigenvalue weighted by atomic mass is 10.1. The van der Waals surface area contributed by atoms with Crippen LogP contribution in [-0.2, 0) is 22.6 Å². The van der Waals surface area contributed by atoms with Gasteiger partial charge in [0.2, 0.25) is 5.78 Å². The van der Waals surface area contributed by atoms with Crippen LogP contribution in [0, 0.1) is 0 Å². The Kier molecular flexibility index (Phi) is 6.16. The summed E-state index contributed by atoms with van der Waals surface area (Å²) in [6, 6.07) is 13.9. The van der Waals surface area contributed by atoms with Crippen molar-refractivity contribution in [2.45, 2.75) is 39.5 Å². The number of hydrogen-bond donors (Lipinski definition) is 0. The van der Waals surface area contributed by atoms with Crippen molar-refractivity contribution in [2.24, 2.45) is 0 Å². The average Bonchev–Trinajstić information content (AvgIpc) is 2.99. The van der Waals surface area contributed by atoms with Gasteiger partial charge in [-0.25, -0.2) is 4.79 Å². The largest absolute Gasteiger partial charge is 0.497 e. The summed E-state index contributed by atoms with van der Waals surface area (Å²) in [5, 5.41) is 0. The van der Waals surface area contributed by atoms with Crippen molar-refractivity contribution in [2.75, 3.05) is 7.11 Å². The van der Waals surface area contributed by atoms with Crippen molar-refractivity contribution >= 4 is 22.8 Å². The Bertz CT molecular complexity index is 1080. The number of ketones is 1. The molecule has 0 aliphatic heterocycles. The molecule has 0 bridgehead atoms. The lowest BCUT2D eigenvalue weighted by Gasteiger charge is -2.13. The third-order valence-corrected chi connectivity index (χ3v) is 4.71. The molecule has 2 aromatic carbocycles. The van der Waals surface area contributed by atoms with E-state index in [9.17, 15) is 14.4 Å². The van der Waals surface area contributed by atoms with Crippen molar-refractivity contribution in [1.82, 2.24) is 9.13 Å². The normalized spacial score (nSPS) is 12.0. The van der Waals surface area contributed by atoms with Crippen molar-refractivity contribution in [3.8, 4) is 5.75 Å². The fourth-order valence-corrected chi connectivity index (χ4v) is 3.27. The van der Waals surface area contributed by atoms with Gasteiger partial charge in [-0.15, -0.1) is 0 Å². The molecule has 0 radical (unpaired) electrons. The lowest BCUT2D eigenvalue weighted by molar-refractivity contribution is -0.147. The van der Waals surface area contributed by atoms with Crippen molar-refractivity contribution in [3.05, 3.63) is 64.6 Å². The Hall–Kier alpha value is -3.35. The molecule has 0 saturated carbocycles. The Morgan fingerprint density at radius 1 is 1.00 bits per heavy atom. The first-order valence-corrected chi connectivity index (χ1v) is 9.52. The van der Waals surface area contributed by atoms with Gasteiger partial charge in [0.05, 0.1) is 18.1 Å². The number of Topliss-reactive ketones (excluding diaryl/α,β-unsaturated/α-hetero) is 1. The number of benzene rings is 2. The minimum Gasteiger partial charge on any atom is -0.497 e. The molecular formula is C22H24N2O5. The summed E-state index contributed by atoms with van der Waals surface area (Å²) in [6.07, 6.45) is -0.165. The first-order chi connectivity index (χ1) is 14.0. The molecule has 0 saturated heterocycles. The predicted octanol–water partition coefficient (Wildman–Crippen LogP) is 3.04. The summed E-state index contributed by atoms with van der Waals surface area (Å²) >= 11 is 0. The van der Waals surface area contributed by atoms with Crippen molar-refractivity contribution < 1.29 is 19.1 Å². The molecule has 0 fully saturated rings. The summed E-state index contributed by atoms with van der Waals surface area (Å²) in [6.45, 7) is 3.82. The fourth-order valence-electron chi connectivity index (χ4n) is 3.27. The Labute approximate surface area is 168 Å². The van der Waals surface area contributed by atoms with E-state index in [0.29, 0.717) is 23.4 Å². The molecule has 1 unspecified atom stereocenters. The minimum atomic E-state index is -0.962. The maximum absolute atomic E-state index is 12.8. The summed E-state index contributed by atoms with van der Waals surface area (Å²) in [4.78, 5) is 37.7. The zero-order chi connectivity index (χ0) is 21.0. The molecule has 0 N–H and O–H groups in total. The van der Waals surface area contributed by atoms with E-state index in [1.54, 1.807) is 42.0 Å². The number of aryl methyl sites for hydroxylation is 1. The van der Waals surface area contributed by atoms with Gasteiger partial charge in [0, 0.05) is 12.1 Å². The number of methoxy groups -OCH3 is 1. The number of hydrogen-bond acceptors (Lipinski definition) is 5. The number of rotatable bonds is 8. The molecule has 7 heteroatoms. The van der Waals surface area contributed by atoms with Gasteiger partial charge in [-0.3, -0.25) is 18.7 Å². The highest BCUT2D eigenvalue weighted by Crippen LogP contribution is 2.15. The van der Waals surface area contributed by atoms with Gasteiger partial charge in [-0.05, 0) is 49.7 Å². The van der Waals surface area contributed by atoms with Crippen LogP contribution in [0.15, 0.2) is 53.3 Å². The van der Waals surface area contributed by atoms with E-state index in [0.717, 1.165) is 11.9 Å². The molecule has 7 nitrogen and oxygen atoms in total. The monoisotopic (exact) mass is 396 g/mol. The molecule has 1 heterocycles. The molecule has 0 amide bonds. The van der Waals surface area contributed by atoms with E-state index in [1.165, 1.54) is 11.5 Å². The number of aromatic nitrogens is 2. The van der Waals surface area contributed by atoms with Crippen LogP contribution < -0.4 is 10.4 Å². The number of carbonyl (C=O) groups excluding carboxylic acids is 2. The van der Waals surface area contributed by atoms with Crippen molar-refractivity contribution in [3.63, 3.8) is 0 Å². The van der Waals surface area contributed by atoms with Gasteiger partial charge in [0.25, 0.3) is 0 Å². The highest BCUT2D eigenvalue weighted by molar-refractivity contribution is 6.00. The van der Waals surface area contributed by atoms with Crippen LogP contribution >= 0.6 is 0 Å². The Morgan fingerprint density at radius 3 is 2.21 bits per heavy atom. The van der Waals surface area contributed by atoms with Gasteiger partial charge in [-0.1, -0.05) is 19.1 Å². The predicted molar refractivity (Wildman–Crippen MR) is 109 cm³/mol. The second kappa shape index (κ2) is 8.77. The quantitative estimate of drug-likeness (QED) is 0.432. The molecule has 3 rings (SSSR count). The van der Waals surface area contributed by atoms with Gasteiger partial charge in [-0.2, -0.15) is 0 Å².